The highest BCUT2D eigenvalue weighted by Gasteiger charge is 2.14. The molecule has 2 aromatic rings. The van der Waals surface area contributed by atoms with E-state index in [0.717, 1.165) is 0 Å². The number of nitrogens with two attached hydrogens (primary N) is 1. The molecule has 0 amide bonds. The quantitative estimate of drug-likeness (QED) is 0.668. The van der Waals surface area contributed by atoms with E-state index in [1.54, 1.807) is 43.5 Å². The summed E-state index contributed by atoms with van der Waals surface area (Å²) in [7, 11) is 2.87. The van der Waals surface area contributed by atoms with Gasteiger partial charge >= 0.3 is 5.97 Å². The van der Waals surface area contributed by atoms with E-state index in [4.69, 9.17) is 26.8 Å². The minimum Gasteiger partial charge on any atom is -0.495 e. The van der Waals surface area contributed by atoms with Crippen LogP contribution in [0.4, 0.5) is 17.1 Å². The lowest BCUT2D eigenvalue weighted by atomic mass is 10.1. The van der Waals surface area contributed by atoms with Crippen LogP contribution in [0.1, 0.15) is 10.4 Å². The van der Waals surface area contributed by atoms with Crippen molar-refractivity contribution in [3.63, 3.8) is 0 Å². The summed E-state index contributed by atoms with van der Waals surface area (Å²) in [4.78, 5) is 11.8. The van der Waals surface area contributed by atoms with E-state index in [-0.39, 0.29) is 0 Å². The normalized spacial score (nSPS) is 10.0. The number of hydrogen-bond donors (Lipinski definition) is 2. The van der Waals surface area contributed by atoms with Gasteiger partial charge in [-0.15, -0.1) is 0 Å². The number of anilines is 3. The second-order valence-corrected chi connectivity index (χ2v) is 4.70. The van der Waals surface area contributed by atoms with Crippen LogP contribution in [-0.4, -0.2) is 20.2 Å². The summed E-state index contributed by atoms with van der Waals surface area (Å²) in [6, 6.07) is 10.1. The van der Waals surface area contributed by atoms with Gasteiger partial charge in [-0.2, -0.15) is 0 Å². The molecule has 3 N–H and O–H groups in total. The van der Waals surface area contributed by atoms with Crippen molar-refractivity contribution in [3.05, 3.63) is 47.0 Å². The van der Waals surface area contributed by atoms with Gasteiger partial charge < -0.3 is 20.5 Å². The van der Waals surface area contributed by atoms with E-state index in [1.165, 1.54) is 7.11 Å². The van der Waals surface area contributed by atoms with Crippen LogP contribution in [0.25, 0.3) is 0 Å². The second kappa shape index (κ2) is 6.37. The first-order valence-electron chi connectivity index (χ1n) is 6.13. The van der Waals surface area contributed by atoms with Crippen molar-refractivity contribution in [2.75, 3.05) is 25.3 Å². The molecule has 2 rings (SSSR count). The predicted octanol–water partition coefficient (Wildman–Crippen LogP) is 3.46. The molecule has 0 aliphatic rings. The molecule has 2 aromatic carbocycles. The third-order valence-corrected chi connectivity index (χ3v) is 3.11. The van der Waals surface area contributed by atoms with E-state index in [9.17, 15) is 4.79 Å². The van der Waals surface area contributed by atoms with Crippen LogP contribution in [0.2, 0.25) is 5.02 Å². The van der Waals surface area contributed by atoms with Crippen LogP contribution in [0.5, 0.6) is 5.75 Å². The summed E-state index contributed by atoms with van der Waals surface area (Å²) in [5.74, 6) is 0.123. The molecule has 0 bridgehead atoms. The third-order valence-electron chi connectivity index (χ3n) is 2.88. The number of methoxy groups -OCH3 is 2. The average Bonchev–Trinajstić information content (AvgIpc) is 2.48. The van der Waals surface area contributed by atoms with Crippen LogP contribution in [0, 0.1) is 0 Å². The number of esters is 1. The topological polar surface area (TPSA) is 73.6 Å². The van der Waals surface area contributed by atoms with Gasteiger partial charge in [0.1, 0.15) is 5.75 Å². The number of nitrogens with one attached hydrogen (secondary N) is 1. The van der Waals surface area contributed by atoms with Gasteiger partial charge in [0.2, 0.25) is 0 Å². The maximum absolute atomic E-state index is 11.8. The summed E-state index contributed by atoms with van der Waals surface area (Å²) in [5, 5.41) is 3.66. The maximum Gasteiger partial charge on any atom is 0.340 e. The molecule has 0 atom stereocenters. The fourth-order valence-electron chi connectivity index (χ4n) is 1.87. The fraction of sp³-hybridized carbons (Fsp3) is 0.133. The van der Waals surface area contributed by atoms with Crippen LogP contribution in [-0.2, 0) is 4.74 Å². The number of carbonyl (C=O) groups is 1. The van der Waals surface area contributed by atoms with Crippen molar-refractivity contribution in [2.45, 2.75) is 0 Å². The average molecular weight is 307 g/mol. The third kappa shape index (κ3) is 3.38. The summed E-state index contributed by atoms with van der Waals surface area (Å²) in [5.41, 5.74) is 7.71. The highest BCUT2D eigenvalue weighted by Crippen LogP contribution is 2.32. The van der Waals surface area contributed by atoms with E-state index in [0.29, 0.717) is 33.4 Å². The van der Waals surface area contributed by atoms with Crippen molar-refractivity contribution in [1.29, 1.82) is 0 Å². The van der Waals surface area contributed by atoms with Crippen molar-refractivity contribution in [1.82, 2.24) is 0 Å². The first-order chi connectivity index (χ1) is 10.0. The number of nitrogen functional groups attached to an aromatic ring is 1. The Hall–Kier alpha value is -2.40. The number of benzene rings is 2. The van der Waals surface area contributed by atoms with Gasteiger partial charge in [0.25, 0.3) is 0 Å². The Bertz CT molecular complexity index is 674. The molecule has 5 nitrogen and oxygen atoms in total. The molecule has 0 radical (unpaired) electrons. The lowest BCUT2D eigenvalue weighted by Crippen LogP contribution is -2.07. The minimum absolute atomic E-state index is 0.333. The van der Waals surface area contributed by atoms with Crippen LogP contribution >= 0.6 is 11.6 Å². The summed E-state index contributed by atoms with van der Waals surface area (Å²) in [6.45, 7) is 0. The van der Waals surface area contributed by atoms with Crippen LogP contribution in [0.15, 0.2) is 36.4 Å². The standard InChI is InChI=1S/C15H15ClN2O3/c1-20-14-6-3-9(16)7-13(14)18-12-5-4-10(17)8-11(12)15(19)21-2/h3-8,18H,17H2,1-2H3. The van der Waals surface area contributed by atoms with E-state index in [1.807, 2.05) is 0 Å². The van der Waals surface area contributed by atoms with E-state index in [2.05, 4.69) is 5.32 Å². The largest absolute Gasteiger partial charge is 0.495 e. The number of rotatable bonds is 4. The molecule has 21 heavy (non-hydrogen) atoms. The highest BCUT2D eigenvalue weighted by molar-refractivity contribution is 6.31. The molecule has 0 saturated heterocycles. The molecular formula is C15H15ClN2O3. The van der Waals surface area contributed by atoms with Gasteiger partial charge in [0, 0.05) is 10.7 Å². The molecule has 0 aliphatic heterocycles. The van der Waals surface area contributed by atoms with Gasteiger partial charge in [-0.25, -0.2) is 4.79 Å². The predicted molar refractivity (Wildman–Crippen MR) is 83.5 cm³/mol. The van der Waals surface area contributed by atoms with Gasteiger partial charge in [-0.3, -0.25) is 0 Å². The Morgan fingerprint density at radius 2 is 1.90 bits per heavy atom. The lowest BCUT2D eigenvalue weighted by molar-refractivity contribution is 0.0602. The zero-order valence-electron chi connectivity index (χ0n) is 11.6. The summed E-state index contributed by atoms with van der Waals surface area (Å²) in [6.07, 6.45) is 0. The zero-order valence-corrected chi connectivity index (χ0v) is 12.4. The molecule has 0 fully saturated rings. The van der Waals surface area contributed by atoms with Crippen molar-refractivity contribution < 1.29 is 14.3 Å². The van der Waals surface area contributed by atoms with Crippen LogP contribution in [0.3, 0.4) is 0 Å². The first-order valence-corrected chi connectivity index (χ1v) is 6.51. The molecule has 0 unspecified atom stereocenters. The Morgan fingerprint density at radius 3 is 2.57 bits per heavy atom. The molecule has 0 saturated carbocycles. The monoisotopic (exact) mass is 306 g/mol. The fourth-order valence-corrected chi connectivity index (χ4v) is 2.04. The second-order valence-electron chi connectivity index (χ2n) is 4.27. The molecule has 110 valence electrons. The van der Waals surface area contributed by atoms with Gasteiger partial charge in [-0.1, -0.05) is 11.6 Å². The number of halogens is 1. The highest BCUT2D eigenvalue weighted by atomic mass is 35.5. The number of hydrogen-bond acceptors (Lipinski definition) is 5. The Morgan fingerprint density at radius 1 is 1.14 bits per heavy atom. The lowest BCUT2D eigenvalue weighted by Gasteiger charge is -2.14. The minimum atomic E-state index is -0.481. The smallest absolute Gasteiger partial charge is 0.340 e. The summed E-state index contributed by atoms with van der Waals surface area (Å²) < 4.78 is 10.0. The number of ether oxygens (including phenoxy) is 2. The van der Waals surface area contributed by atoms with E-state index < -0.39 is 5.97 Å². The Labute approximate surface area is 127 Å². The molecule has 0 spiro atoms. The molecule has 0 aliphatic carbocycles. The maximum atomic E-state index is 11.8. The van der Waals surface area contributed by atoms with Crippen molar-refractivity contribution >= 4 is 34.6 Å². The number of carbonyl (C=O) groups excluding carboxylic acids is 1. The van der Waals surface area contributed by atoms with Crippen LogP contribution < -0.4 is 15.8 Å². The summed E-state index contributed by atoms with van der Waals surface area (Å²) >= 11 is 5.99. The first kappa shape index (κ1) is 15.0. The molecule has 0 aromatic heterocycles. The SMILES string of the molecule is COC(=O)c1cc(N)ccc1Nc1cc(Cl)ccc1OC. The van der Waals surface area contributed by atoms with E-state index >= 15 is 0 Å². The molecular weight excluding hydrogens is 292 g/mol. The van der Waals surface area contributed by atoms with Gasteiger partial charge in [0.05, 0.1) is 31.2 Å². The van der Waals surface area contributed by atoms with Crippen molar-refractivity contribution in [2.24, 2.45) is 0 Å². The Balaban J connectivity index is 2.44. The molecule has 0 heterocycles. The Kier molecular flexibility index (Phi) is 4.55. The van der Waals surface area contributed by atoms with Gasteiger partial charge in [0.15, 0.2) is 0 Å². The zero-order chi connectivity index (χ0) is 15.4. The van der Waals surface area contributed by atoms with Gasteiger partial charge in [-0.05, 0) is 36.4 Å². The van der Waals surface area contributed by atoms with Crippen molar-refractivity contribution in [3.8, 4) is 5.75 Å². The molecule has 6 heteroatoms.